The van der Waals surface area contributed by atoms with Gasteiger partial charge in [-0.05, 0) is 30.9 Å². The summed E-state index contributed by atoms with van der Waals surface area (Å²) >= 11 is 1.73. The smallest absolute Gasteiger partial charge is 0.306 e. The van der Waals surface area contributed by atoms with E-state index < -0.39 is 0 Å². The van der Waals surface area contributed by atoms with Gasteiger partial charge in [-0.1, -0.05) is 0 Å². The Morgan fingerprint density at radius 2 is 2.29 bits per heavy atom. The molecule has 1 unspecified atom stereocenters. The van der Waals surface area contributed by atoms with Gasteiger partial charge in [-0.25, -0.2) is 0 Å². The van der Waals surface area contributed by atoms with Crippen LogP contribution in [-0.4, -0.2) is 35.8 Å². The van der Waals surface area contributed by atoms with E-state index in [4.69, 9.17) is 5.11 Å². The Kier molecular flexibility index (Phi) is 4.26. The second-order valence-corrected chi connectivity index (χ2v) is 5.15. The highest BCUT2D eigenvalue weighted by atomic mass is 32.2. The van der Waals surface area contributed by atoms with Crippen molar-refractivity contribution in [1.82, 2.24) is 0 Å². The normalized spacial score (nSPS) is 20.2. The average Bonchev–Trinajstić information content (AvgIpc) is 2.84. The van der Waals surface area contributed by atoms with Crippen LogP contribution < -0.4 is 0 Å². The number of aliphatic hydroxyl groups excluding tert-OH is 1. The molecule has 0 radical (unpaired) electrons. The third-order valence-electron chi connectivity index (χ3n) is 2.47. The number of rotatable bonds is 6. The molecule has 0 bridgehead atoms. The first-order valence-electron chi connectivity index (χ1n) is 4.91. The lowest BCUT2D eigenvalue weighted by Gasteiger charge is -2.13. The van der Waals surface area contributed by atoms with Crippen molar-refractivity contribution in [3.8, 4) is 0 Å². The highest BCUT2D eigenvalue weighted by Gasteiger charge is 2.44. The van der Waals surface area contributed by atoms with Crippen molar-refractivity contribution in [3.63, 3.8) is 0 Å². The Morgan fingerprint density at radius 1 is 1.64 bits per heavy atom. The molecule has 3 nitrogen and oxygen atoms in total. The summed E-state index contributed by atoms with van der Waals surface area (Å²) in [4.78, 5) is 11.1. The molecule has 0 aliphatic heterocycles. The zero-order chi connectivity index (χ0) is 10.6. The number of thioether (sulfide) groups is 1. The fourth-order valence-corrected chi connectivity index (χ4v) is 2.66. The number of carbonyl (C=O) groups excluding carboxylic acids is 1. The summed E-state index contributed by atoms with van der Waals surface area (Å²) in [5.74, 6) is 1.61. The lowest BCUT2D eigenvalue weighted by atomic mass is 10.1. The van der Waals surface area contributed by atoms with Crippen LogP contribution in [0, 0.1) is 5.41 Å². The van der Waals surface area contributed by atoms with Crippen molar-refractivity contribution >= 4 is 17.7 Å². The monoisotopic (exact) mass is 218 g/mol. The van der Waals surface area contributed by atoms with Gasteiger partial charge < -0.3 is 9.84 Å². The maximum absolute atomic E-state index is 11.1. The molecule has 0 aromatic carbocycles. The number of methoxy groups -OCH3 is 1. The van der Waals surface area contributed by atoms with Gasteiger partial charge in [0.05, 0.1) is 19.6 Å². The number of hydrogen-bond donors (Lipinski definition) is 1. The number of hydrogen-bond acceptors (Lipinski definition) is 4. The Balaban J connectivity index is 2.19. The summed E-state index contributed by atoms with van der Waals surface area (Å²) in [7, 11) is 1.43. The van der Waals surface area contributed by atoms with E-state index in [0.29, 0.717) is 6.42 Å². The van der Waals surface area contributed by atoms with Crippen molar-refractivity contribution in [1.29, 1.82) is 0 Å². The predicted molar refractivity (Wildman–Crippen MR) is 57.3 cm³/mol. The molecule has 0 amide bonds. The molecule has 1 aliphatic rings. The summed E-state index contributed by atoms with van der Waals surface area (Å²) in [5.41, 5.74) is 0.187. The molecule has 0 aromatic rings. The third-order valence-corrected chi connectivity index (χ3v) is 4.01. The molecule has 0 spiro atoms. The van der Waals surface area contributed by atoms with E-state index >= 15 is 0 Å². The largest absolute Gasteiger partial charge is 0.469 e. The minimum Gasteiger partial charge on any atom is -0.469 e. The highest BCUT2D eigenvalue weighted by molar-refractivity contribution is 7.99. The Bertz CT molecular complexity index is 200. The van der Waals surface area contributed by atoms with Crippen LogP contribution in [0.5, 0.6) is 0 Å². The predicted octanol–water partition coefficient (Wildman–Crippen LogP) is 1.44. The minimum absolute atomic E-state index is 0.111. The molecule has 1 saturated carbocycles. The van der Waals surface area contributed by atoms with Crippen LogP contribution in [-0.2, 0) is 9.53 Å². The summed E-state index contributed by atoms with van der Waals surface area (Å²) in [6, 6.07) is 0. The standard InChI is InChI=1S/C10H18O3S/c1-8(11)6-14-7-10(3-4-10)5-9(12)13-2/h8,11H,3-7H2,1-2H3. The maximum Gasteiger partial charge on any atom is 0.306 e. The molecule has 0 aromatic heterocycles. The Hall–Kier alpha value is -0.220. The van der Waals surface area contributed by atoms with Gasteiger partial charge in [0, 0.05) is 5.75 Å². The van der Waals surface area contributed by atoms with Gasteiger partial charge in [-0.2, -0.15) is 11.8 Å². The number of ether oxygens (including phenoxy) is 1. The zero-order valence-electron chi connectivity index (χ0n) is 8.78. The van der Waals surface area contributed by atoms with Crippen LogP contribution in [0.1, 0.15) is 26.2 Å². The summed E-state index contributed by atoms with van der Waals surface area (Å²) in [6.07, 6.45) is 2.52. The summed E-state index contributed by atoms with van der Waals surface area (Å²) < 4.78 is 4.66. The fraction of sp³-hybridized carbons (Fsp3) is 0.900. The molecule has 14 heavy (non-hydrogen) atoms. The molecule has 0 saturated heterocycles. The summed E-state index contributed by atoms with van der Waals surface area (Å²) in [6.45, 7) is 1.78. The summed E-state index contributed by atoms with van der Waals surface area (Å²) in [5, 5.41) is 9.09. The molecule has 1 N–H and O–H groups in total. The molecule has 1 atom stereocenters. The topological polar surface area (TPSA) is 46.5 Å². The molecular weight excluding hydrogens is 200 g/mol. The van der Waals surface area contributed by atoms with E-state index in [9.17, 15) is 4.79 Å². The van der Waals surface area contributed by atoms with Crippen LogP contribution >= 0.6 is 11.8 Å². The van der Waals surface area contributed by atoms with Crippen LogP contribution in [0.2, 0.25) is 0 Å². The number of carbonyl (C=O) groups is 1. The van der Waals surface area contributed by atoms with Gasteiger partial charge in [-0.3, -0.25) is 4.79 Å². The van der Waals surface area contributed by atoms with Crippen LogP contribution in [0.25, 0.3) is 0 Å². The average molecular weight is 218 g/mol. The van der Waals surface area contributed by atoms with E-state index in [1.807, 2.05) is 0 Å². The van der Waals surface area contributed by atoms with Gasteiger partial charge in [-0.15, -0.1) is 0 Å². The highest BCUT2D eigenvalue weighted by Crippen LogP contribution is 2.51. The number of esters is 1. The van der Waals surface area contributed by atoms with E-state index in [-0.39, 0.29) is 17.5 Å². The lowest BCUT2D eigenvalue weighted by Crippen LogP contribution is -2.14. The second kappa shape index (κ2) is 5.03. The molecule has 1 rings (SSSR count). The van der Waals surface area contributed by atoms with Gasteiger partial charge in [0.2, 0.25) is 0 Å². The van der Waals surface area contributed by atoms with Crippen molar-refractivity contribution < 1.29 is 14.6 Å². The van der Waals surface area contributed by atoms with Gasteiger partial charge >= 0.3 is 5.97 Å². The molecule has 0 heterocycles. The first-order chi connectivity index (χ1) is 6.58. The first kappa shape index (κ1) is 11.9. The lowest BCUT2D eigenvalue weighted by molar-refractivity contribution is -0.141. The Labute approximate surface area is 89.2 Å². The van der Waals surface area contributed by atoms with Crippen molar-refractivity contribution in [2.75, 3.05) is 18.6 Å². The van der Waals surface area contributed by atoms with Crippen LogP contribution in [0.3, 0.4) is 0 Å². The SMILES string of the molecule is COC(=O)CC1(CSCC(C)O)CC1. The molecule has 82 valence electrons. The maximum atomic E-state index is 11.1. The van der Waals surface area contributed by atoms with Gasteiger partial charge in [0.1, 0.15) is 0 Å². The van der Waals surface area contributed by atoms with E-state index in [2.05, 4.69) is 4.74 Å². The van der Waals surface area contributed by atoms with Gasteiger partial charge in [0.25, 0.3) is 0 Å². The van der Waals surface area contributed by atoms with E-state index in [1.165, 1.54) is 7.11 Å². The number of aliphatic hydroxyl groups is 1. The first-order valence-corrected chi connectivity index (χ1v) is 6.06. The quantitative estimate of drug-likeness (QED) is 0.685. The Morgan fingerprint density at radius 3 is 2.71 bits per heavy atom. The molecular formula is C10H18O3S. The van der Waals surface area contributed by atoms with Gasteiger partial charge in [0.15, 0.2) is 0 Å². The van der Waals surface area contributed by atoms with Crippen LogP contribution in [0.15, 0.2) is 0 Å². The van der Waals surface area contributed by atoms with Crippen molar-refractivity contribution in [3.05, 3.63) is 0 Å². The molecule has 4 heteroatoms. The van der Waals surface area contributed by atoms with Crippen molar-refractivity contribution in [2.45, 2.75) is 32.3 Å². The fourth-order valence-electron chi connectivity index (χ4n) is 1.37. The van der Waals surface area contributed by atoms with E-state index in [0.717, 1.165) is 24.3 Å². The third kappa shape index (κ3) is 3.88. The van der Waals surface area contributed by atoms with Crippen molar-refractivity contribution in [2.24, 2.45) is 5.41 Å². The van der Waals surface area contributed by atoms with E-state index in [1.54, 1.807) is 18.7 Å². The zero-order valence-corrected chi connectivity index (χ0v) is 9.60. The minimum atomic E-state index is -0.256. The molecule has 1 aliphatic carbocycles. The second-order valence-electron chi connectivity index (χ2n) is 4.12. The van der Waals surface area contributed by atoms with Crippen LogP contribution in [0.4, 0.5) is 0 Å². The molecule has 1 fully saturated rings.